The third kappa shape index (κ3) is 2.51. The van der Waals surface area contributed by atoms with Gasteiger partial charge in [0.25, 0.3) is 0 Å². The van der Waals surface area contributed by atoms with Gasteiger partial charge in [-0.15, -0.1) is 0 Å². The second kappa shape index (κ2) is 4.84. The Balaban J connectivity index is 2.99. The van der Waals surface area contributed by atoms with Gasteiger partial charge in [-0.3, -0.25) is 0 Å². The predicted octanol–water partition coefficient (Wildman–Crippen LogP) is 0.641. The molecule has 0 amide bonds. The number of hydrogen-bond acceptors (Lipinski definition) is 5. The molecule has 1 heterocycles. The summed E-state index contributed by atoms with van der Waals surface area (Å²) in [4.78, 5) is 3.76. The van der Waals surface area contributed by atoms with E-state index in [4.69, 9.17) is 17.3 Å². The molecule has 4 nitrogen and oxygen atoms in total. The quantitative estimate of drug-likeness (QED) is 0.457. The van der Waals surface area contributed by atoms with Crippen LogP contribution < -0.4 is 5.73 Å². The van der Waals surface area contributed by atoms with Crippen LogP contribution in [-0.4, -0.2) is 27.1 Å². The maximum absolute atomic E-state index is 9.62. The van der Waals surface area contributed by atoms with Crippen molar-refractivity contribution < 1.29 is 10.2 Å². The molecule has 0 saturated heterocycles. The number of nitrogens with two attached hydrogens (primary N) is 1. The lowest BCUT2D eigenvalue weighted by molar-refractivity contribution is 0.0336. The lowest BCUT2D eigenvalue weighted by atomic mass is 10.1. The van der Waals surface area contributed by atoms with Crippen molar-refractivity contribution in [2.24, 2.45) is 0 Å². The van der Waals surface area contributed by atoms with Crippen LogP contribution in [0, 0.1) is 0 Å². The number of hydrogen-bond donors (Lipinski definition) is 4. The van der Waals surface area contributed by atoms with Crippen LogP contribution >= 0.6 is 24.2 Å². The monoisotopic (exact) mass is 234 g/mol. The summed E-state index contributed by atoms with van der Waals surface area (Å²) in [6, 6.07) is 1.48. The highest BCUT2D eigenvalue weighted by Gasteiger charge is 2.20. The first-order valence-electron chi connectivity index (χ1n) is 3.94. The molecule has 0 fully saturated rings. The molecule has 0 radical (unpaired) electrons. The normalized spacial score (nSPS) is 15.1. The van der Waals surface area contributed by atoms with Gasteiger partial charge in [0.2, 0.25) is 0 Å². The predicted molar refractivity (Wildman–Crippen MR) is 58.5 cm³/mol. The van der Waals surface area contributed by atoms with Crippen molar-refractivity contribution in [3.8, 4) is 0 Å². The van der Waals surface area contributed by atoms with Crippen LogP contribution in [0.25, 0.3) is 0 Å². The molecule has 1 aromatic rings. The van der Waals surface area contributed by atoms with Crippen LogP contribution in [0.2, 0.25) is 5.15 Å². The molecule has 2 atom stereocenters. The Labute approximate surface area is 92.1 Å². The van der Waals surface area contributed by atoms with Gasteiger partial charge in [0.15, 0.2) is 0 Å². The molecule has 0 bridgehead atoms. The van der Waals surface area contributed by atoms with Crippen LogP contribution in [0.15, 0.2) is 12.3 Å². The Bertz CT molecular complexity index is 324. The molecule has 0 aromatic carbocycles. The fraction of sp³-hybridized carbons (Fsp3) is 0.375. The third-order valence-corrected chi connectivity index (χ3v) is 2.45. The lowest BCUT2D eigenvalue weighted by Gasteiger charge is -2.16. The fourth-order valence-corrected chi connectivity index (χ4v) is 1.41. The van der Waals surface area contributed by atoms with E-state index in [-0.39, 0.29) is 10.9 Å². The molecule has 4 N–H and O–H groups in total. The summed E-state index contributed by atoms with van der Waals surface area (Å²) in [6.07, 6.45) is -0.721. The van der Waals surface area contributed by atoms with Crippen LogP contribution in [0.1, 0.15) is 11.7 Å². The molecule has 2 unspecified atom stereocenters. The average Bonchev–Trinajstić information content (AvgIpc) is 2.19. The van der Waals surface area contributed by atoms with E-state index in [1.54, 1.807) is 0 Å². The van der Waals surface area contributed by atoms with Crippen molar-refractivity contribution in [2.75, 3.05) is 11.5 Å². The molecule has 0 aliphatic carbocycles. The van der Waals surface area contributed by atoms with Crippen molar-refractivity contribution >= 4 is 29.9 Å². The topological polar surface area (TPSA) is 79.4 Å². The summed E-state index contributed by atoms with van der Waals surface area (Å²) in [5, 5.41) is 19.1. The summed E-state index contributed by atoms with van der Waals surface area (Å²) in [6.45, 7) is 0. The van der Waals surface area contributed by atoms with Gasteiger partial charge in [0.1, 0.15) is 11.3 Å². The SMILES string of the molecule is Nc1cnc(Cl)c(C(O)C(O)CS)c1. The Morgan fingerprint density at radius 1 is 1.57 bits per heavy atom. The van der Waals surface area contributed by atoms with Crippen LogP contribution in [0.5, 0.6) is 0 Å². The minimum atomic E-state index is -1.11. The van der Waals surface area contributed by atoms with Gasteiger partial charge in [0, 0.05) is 11.3 Å². The van der Waals surface area contributed by atoms with Crippen molar-refractivity contribution in [3.63, 3.8) is 0 Å². The molecule has 0 spiro atoms. The number of aromatic nitrogens is 1. The molecule has 78 valence electrons. The minimum Gasteiger partial charge on any atom is -0.397 e. The highest BCUT2D eigenvalue weighted by Crippen LogP contribution is 2.25. The van der Waals surface area contributed by atoms with Crippen molar-refractivity contribution in [1.29, 1.82) is 0 Å². The molecule has 0 aliphatic heterocycles. The summed E-state index contributed by atoms with van der Waals surface area (Å²) >= 11 is 9.59. The summed E-state index contributed by atoms with van der Waals surface area (Å²) in [7, 11) is 0. The van der Waals surface area contributed by atoms with Gasteiger partial charge >= 0.3 is 0 Å². The van der Waals surface area contributed by atoms with Crippen molar-refractivity contribution in [3.05, 3.63) is 23.0 Å². The summed E-state index contributed by atoms with van der Waals surface area (Å²) < 4.78 is 0. The molecule has 6 heteroatoms. The Hall–Kier alpha value is -0.490. The van der Waals surface area contributed by atoms with E-state index >= 15 is 0 Å². The van der Waals surface area contributed by atoms with E-state index in [0.717, 1.165) is 0 Å². The number of nitrogen functional groups attached to an aromatic ring is 1. The summed E-state index contributed by atoms with van der Waals surface area (Å²) in [5.41, 5.74) is 6.17. The number of aliphatic hydroxyl groups is 2. The van der Waals surface area contributed by atoms with Gasteiger partial charge in [-0.2, -0.15) is 12.6 Å². The van der Waals surface area contributed by atoms with E-state index < -0.39 is 12.2 Å². The van der Waals surface area contributed by atoms with Gasteiger partial charge in [-0.25, -0.2) is 4.98 Å². The standard InChI is InChI=1S/C8H11ClN2O2S/c9-8-5(1-4(10)2-11-8)7(13)6(12)3-14/h1-2,6-7,12-14H,3,10H2. The first-order chi connectivity index (χ1) is 6.56. The zero-order valence-corrected chi connectivity index (χ0v) is 8.91. The molecule has 14 heavy (non-hydrogen) atoms. The second-order valence-electron chi connectivity index (χ2n) is 2.84. The van der Waals surface area contributed by atoms with E-state index in [0.29, 0.717) is 11.3 Å². The van der Waals surface area contributed by atoms with E-state index in [9.17, 15) is 10.2 Å². The average molecular weight is 235 g/mol. The van der Waals surface area contributed by atoms with Crippen LogP contribution in [0.4, 0.5) is 5.69 Å². The van der Waals surface area contributed by atoms with Gasteiger partial charge in [-0.1, -0.05) is 11.6 Å². The molecular formula is C8H11ClN2O2S. The third-order valence-electron chi connectivity index (χ3n) is 1.76. The largest absolute Gasteiger partial charge is 0.397 e. The van der Waals surface area contributed by atoms with Crippen LogP contribution in [-0.2, 0) is 0 Å². The van der Waals surface area contributed by atoms with Crippen molar-refractivity contribution in [1.82, 2.24) is 4.98 Å². The maximum Gasteiger partial charge on any atom is 0.135 e. The smallest absolute Gasteiger partial charge is 0.135 e. The second-order valence-corrected chi connectivity index (χ2v) is 3.57. The number of nitrogens with zero attached hydrogens (tertiary/aromatic N) is 1. The van der Waals surface area contributed by atoms with Crippen LogP contribution in [0.3, 0.4) is 0 Å². The number of thiol groups is 1. The molecule has 1 aromatic heterocycles. The lowest BCUT2D eigenvalue weighted by Crippen LogP contribution is -2.20. The zero-order chi connectivity index (χ0) is 10.7. The number of pyridine rings is 1. The van der Waals surface area contributed by atoms with E-state index in [2.05, 4.69) is 17.6 Å². The number of halogens is 1. The van der Waals surface area contributed by atoms with Crippen molar-refractivity contribution in [2.45, 2.75) is 12.2 Å². The number of rotatable bonds is 3. The zero-order valence-electron chi connectivity index (χ0n) is 7.26. The first kappa shape index (κ1) is 11.6. The Kier molecular flexibility index (Phi) is 4.00. The first-order valence-corrected chi connectivity index (χ1v) is 4.95. The molecule has 0 saturated carbocycles. The van der Waals surface area contributed by atoms with Gasteiger partial charge < -0.3 is 15.9 Å². The minimum absolute atomic E-state index is 0.131. The molecular weight excluding hydrogens is 224 g/mol. The van der Waals surface area contributed by atoms with E-state index in [1.807, 2.05) is 0 Å². The van der Waals surface area contributed by atoms with Gasteiger partial charge in [-0.05, 0) is 6.07 Å². The maximum atomic E-state index is 9.62. The molecule has 0 aliphatic rings. The highest BCUT2D eigenvalue weighted by molar-refractivity contribution is 7.80. The van der Waals surface area contributed by atoms with Gasteiger partial charge in [0.05, 0.1) is 18.0 Å². The van der Waals surface area contributed by atoms with E-state index in [1.165, 1.54) is 12.3 Å². The fourth-order valence-electron chi connectivity index (χ4n) is 0.997. The summed E-state index contributed by atoms with van der Waals surface area (Å²) in [5.74, 6) is 0.131. The Morgan fingerprint density at radius 3 is 2.79 bits per heavy atom. The number of aliphatic hydroxyl groups excluding tert-OH is 2. The highest BCUT2D eigenvalue weighted by atomic mass is 35.5. The Morgan fingerprint density at radius 2 is 2.21 bits per heavy atom. The molecule has 1 rings (SSSR count). The number of anilines is 1.